The molecule has 1 saturated heterocycles. The van der Waals surface area contributed by atoms with Crippen LogP contribution in [0.15, 0.2) is 30.3 Å². The van der Waals surface area contributed by atoms with Crippen molar-refractivity contribution in [2.45, 2.75) is 45.7 Å². The number of nitrogens with zero attached hydrogens (tertiary/aromatic N) is 2. The average molecular weight is 289 g/mol. The molecule has 1 unspecified atom stereocenters. The summed E-state index contributed by atoms with van der Waals surface area (Å²) >= 11 is 0. The third-order valence-corrected chi connectivity index (χ3v) is 4.41. The van der Waals surface area contributed by atoms with Gasteiger partial charge in [0.25, 0.3) is 0 Å². The van der Waals surface area contributed by atoms with Crippen LogP contribution in [-0.4, -0.2) is 49.7 Å². The third kappa shape index (κ3) is 5.33. The molecule has 0 saturated carbocycles. The summed E-state index contributed by atoms with van der Waals surface area (Å²) < 4.78 is 0. The molecule has 0 aliphatic carbocycles. The zero-order valence-electron chi connectivity index (χ0n) is 13.9. The maximum absolute atomic E-state index is 3.51. The summed E-state index contributed by atoms with van der Waals surface area (Å²) in [5, 5.41) is 3.51. The molecular weight excluding hydrogens is 258 g/mol. The number of nitrogens with one attached hydrogen (secondary N) is 1. The van der Waals surface area contributed by atoms with E-state index in [1.165, 1.54) is 31.6 Å². The molecule has 1 fully saturated rings. The monoisotopic (exact) mass is 289 g/mol. The van der Waals surface area contributed by atoms with Gasteiger partial charge in [-0.05, 0) is 38.4 Å². The highest BCUT2D eigenvalue weighted by Crippen LogP contribution is 2.17. The number of benzene rings is 1. The van der Waals surface area contributed by atoms with Crippen molar-refractivity contribution in [1.29, 1.82) is 0 Å². The molecule has 1 aliphatic rings. The Morgan fingerprint density at radius 2 is 1.67 bits per heavy atom. The molecule has 0 spiro atoms. The van der Waals surface area contributed by atoms with E-state index in [1.807, 2.05) is 0 Å². The molecule has 2 rings (SSSR count). The lowest BCUT2D eigenvalue weighted by molar-refractivity contribution is 0.186. The normalized spacial score (nSPS) is 18.2. The van der Waals surface area contributed by atoms with E-state index in [0.717, 1.165) is 19.6 Å². The molecule has 1 aliphatic heterocycles. The molecule has 1 aromatic rings. The Bertz CT molecular complexity index is 383. The van der Waals surface area contributed by atoms with Gasteiger partial charge in [-0.15, -0.1) is 0 Å². The average Bonchev–Trinajstić information content (AvgIpc) is 2.52. The van der Waals surface area contributed by atoms with Crippen LogP contribution in [0.2, 0.25) is 0 Å². The maximum Gasteiger partial charge on any atom is 0.0367 e. The topological polar surface area (TPSA) is 18.5 Å². The smallest absolute Gasteiger partial charge is 0.0367 e. The summed E-state index contributed by atoms with van der Waals surface area (Å²) in [5.74, 6) is 0. The summed E-state index contributed by atoms with van der Waals surface area (Å²) in [6.07, 6.45) is 2.57. The van der Waals surface area contributed by atoms with Crippen molar-refractivity contribution >= 4 is 5.69 Å². The Morgan fingerprint density at radius 1 is 1.00 bits per heavy atom. The van der Waals surface area contributed by atoms with Crippen LogP contribution in [0, 0.1) is 0 Å². The summed E-state index contributed by atoms with van der Waals surface area (Å²) in [7, 11) is 0. The molecular formula is C18H31N3. The third-order valence-electron chi connectivity index (χ3n) is 4.41. The Morgan fingerprint density at radius 3 is 2.29 bits per heavy atom. The molecule has 118 valence electrons. The van der Waals surface area contributed by atoms with Gasteiger partial charge in [-0.25, -0.2) is 0 Å². The van der Waals surface area contributed by atoms with Crippen LogP contribution in [0.3, 0.4) is 0 Å². The van der Waals surface area contributed by atoms with Crippen LogP contribution in [0.4, 0.5) is 5.69 Å². The fourth-order valence-electron chi connectivity index (χ4n) is 3.03. The summed E-state index contributed by atoms with van der Waals surface area (Å²) in [6, 6.07) is 12.1. The van der Waals surface area contributed by atoms with Gasteiger partial charge in [0, 0.05) is 44.0 Å². The fraction of sp³-hybridized carbons (Fsp3) is 0.667. The molecule has 0 amide bonds. The van der Waals surface area contributed by atoms with Crippen molar-refractivity contribution in [2.24, 2.45) is 0 Å². The van der Waals surface area contributed by atoms with Gasteiger partial charge in [0.15, 0.2) is 0 Å². The first-order chi connectivity index (χ1) is 10.2. The maximum atomic E-state index is 3.51. The van der Waals surface area contributed by atoms with E-state index >= 15 is 0 Å². The number of hydrogen-bond acceptors (Lipinski definition) is 3. The van der Waals surface area contributed by atoms with E-state index in [-0.39, 0.29) is 0 Å². The predicted molar refractivity (Wildman–Crippen MR) is 92.1 cm³/mol. The summed E-state index contributed by atoms with van der Waals surface area (Å²) in [5.41, 5.74) is 1.37. The number of anilines is 1. The zero-order valence-corrected chi connectivity index (χ0v) is 13.9. The van der Waals surface area contributed by atoms with E-state index in [0.29, 0.717) is 12.1 Å². The van der Waals surface area contributed by atoms with E-state index in [4.69, 9.17) is 0 Å². The first kappa shape index (κ1) is 16.3. The Kier molecular flexibility index (Phi) is 6.52. The van der Waals surface area contributed by atoms with Gasteiger partial charge < -0.3 is 10.2 Å². The second-order valence-electron chi connectivity index (χ2n) is 6.46. The minimum atomic E-state index is 0.606. The van der Waals surface area contributed by atoms with Crippen LogP contribution in [0.5, 0.6) is 0 Å². The van der Waals surface area contributed by atoms with Gasteiger partial charge in [0.05, 0.1) is 0 Å². The van der Waals surface area contributed by atoms with Gasteiger partial charge in [0.2, 0.25) is 0 Å². The van der Waals surface area contributed by atoms with Gasteiger partial charge >= 0.3 is 0 Å². The molecule has 3 nitrogen and oxygen atoms in total. The second-order valence-corrected chi connectivity index (χ2v) is 6.46. The number of hydrogen-bond donors (Lipinski definition) is 1. The van der Waals surface area contributed by atoms with Crippen molar-refractivity contribution in [3.05, 3.63) is 30.3 Å². The van der Waals surface area contributed by atoms with Crippen molar-refractivity contribution < 1.29 is 0 Å². The second kappa shape index (κ2) is 8.40. The van der Waals surface area contributed by atoms with Gasteiger partial charge in [-0.1, -0.05) is 32.0 Å². The van der Waals surface area contributed by atoms with Crippen LogP contribution >= 0.6 is 0 Å². The molecule has 0 aromatic heterocycles. The highest BCUT2D eigenvalue weighted by molar-refractivity contribution is 5.46. The zero-order chi connectivity index (χ0) is 15.1. The van der Waals surface area contributed by atoms with Crippen LogP contribution in [0.1, 0.15) is 33.6 Å². The molecule has 0 bridgehead atoms. The van der Waals surface area contributed by atoms with E-state index in [2.05, 4.69) is 66.2 Å². The standard InChI is InChI=1S/C18H31N3/c1-16(2)19-11-7-8-17(3)20-12-14-21(15-13-20)18-9-5-4-6-10-18/h4-6,9-10,16-17,19H,7-8,11-15H2,1-3H3. The summed E-state index contributed by atoms with van der Waals surface area (Å²) in [4.78, 5) is 5.15. The Labute approximate surface area is 130 Å². The van der Waals surface area contributed by atoms with Gasteiger partial charge in [-0.3, -0.25) is 4.90 Å². The molecule has 1 atom stereocenters. The number of piperazine rings is 1. The van der Waals surface area contributed by atoms with Gasteiger partial charge in [-0.2, -0.15) is 0 Å². The minimum absolute atomic E-state index is 0.606. The van der Waals surface area contributed by atoms with E-state index in [9.17, 15) is 0 Å². The lowest BCUT2D eigenvalue weighted by Crippen LogP contribution is -2.49. The lowest BCUT2D eigenvalue weighted by atomic mass is 10.1. The quantitative estimate of drug-likeness (QED) is 0.779. The molecule has 3 heteroatoms. The van der Waals surface area contributed by atoms with Crippen LogP contribution in [-0.2, 0) is 0 Å². The van der Waals surface area contributed by atoms with E-state index in [1.54, 1.807) is 0 Å². The molecule has 21 heavy (non-hydrogen) atoms. The van der Waals surface area contributed by atoms with Crippen LogP contribution < -0.4 is 10.2 Å². The van der Waals surface area contributed by atoms with Crippen molar-refractivity contribution in [2.75, 3.05) is 37.6 Å². The first-order valence-electron chi connectivity index (χ1n) is 8.44. The minimum Gasteiger partial charge on any atom is -0.369 e. The molecule has 0 radical (unpaired) electrons. The van der Waals surface area contributed by atoms with Gasteiger partial charge in [0.1, 0.15) is 0 Å². The Balaban J connectivity index is 1.68. The predicted octanol–water partition coefficient (Wildman–Crippen LogP) is 2.98. The van der Waals surface area contributed by atoms with Crippen LogP contribution in [0.25, 0.3) is 0 Å². The number of para-hydroxylation sites is 1. The van der Waals surface area contributed by atoms with E-state index < -0.39 is 0 Å². The number of rotatable bonds is 7. The lowest BCUT2D eigenvalue weighted by Gasteiger charge is -2.39. The molecule has 1 N–H and O–H groups in total. The molecule has 1 heterocycles. The van der Waals surface area contributed by atoms with Crippen molar-refractivity contribution in [1.82, 2.24) is 10.2 Å². The van der Waals surface area contributed by atoms with Crippen molar-refractivity contribution in [3.63, 3.8) is 0 Å². The largest absolute Gasteiger partial charge is 0.369 e. The first-order valence-corrected chi connectivity index (χ1v) is 8.44. The Hall–Kier alpha value is -1.06. The SMILES string of the molecule is CC(C)NCCCC(C)N1CCN(c2ccccc2)CC1. The highest BCUT2D eigenvalue weighted by Gasteiger charge is 2.20. The fourth-order valence-corrected chi connectivity index (χ4v) is 3.03. The highest BCUT2D eigenvalue weighted by atomic mass is 15.3. The van der Waals surface area contributed by atoms with Crippen molar-refractivity contribution in [3.8, 4) is 0 Å². The molecule has 1 aromatic carbocycles. The summed E-state index contributed by atoms with van der Waals surface area (Å²) in [6.45, 7) is 12.6.